The molecule has 0 aliphatic carbocycles. The zero-order valence-corrected chi connectivity index (χ0v) is 14.2. The molecule has 0 N–H and O–H groups in total. The second-order valence-electron chi connectivity index (χ2n) is 5.80. The van der Waals surface area contributed by atoms with Gasteiger partial charge in [-0.05, 0) is 13.0 Å². The Kier molecular flexibility index (Phi) is 4.74. The molecule has 3 aromatic rings. The van der Waals surface area contributed by atoms with Gasteiger partial charge in [-0.2, -0.15) is 4.98 Å². The van der Waals surface area contributed by atoms with Crippen LogP contribution in [0, 0.1) is 17.0 Å². The van der Waals surface area contributed by atoms with Gasteiger partial charge >= 0.3 is 0 Å². The molecule has 0 radical (unpaired) electrons. The number of nitro benzene ring substituents is 1. The van der Waals surface area contributed by atoms with Gasteiger partial charge in [-0.3, -0.25) is 14.9 Å². The first-order valence-corrected chi connectivity index (χ1v) is 7.84. The van der Waals surface area contributed by atoms with Gasteiger partial charge in [0.25, 0.3) is 11.6 Å². The van der Waals surface area contributed by atoms with E-state index in [1.54, 1.807) is 26.1 Å². The van der Waals surface area contributed by atoms with Crippen molar-refractivity contribution in [3.8, 4) is 11.4 Å². The van der Waals surface area contributed by atoms with Crippen molar-refractivity contribution in [1.82, 2.24) is 15.0 Å². The number of carbonyl (C=O) groups excluding carboxylic acids is 1. The summed E-state index contributed by atoms with van der Waals surface area (Å²) < 4.78 is 5.19. The molecular formula is C18H16N4O4. The predicted molar refractivity (Wildman–Crippen MR) is 93.4 cm³/mol. The van der Waals surface area contributed by atoms with Crippen LogP contribution in [0.4, 0.5) is 5.69 Å². The fourth-order valence-electron chi connectivity index (χ4n) is 2.46. The molecule has 0 fully saturated rings. The van der Waals surface area contributed by atoms with Crippen molar-refractivity contribution in [1.29, 1.82) is 0 Å². The highest BCUT2D eigenvalue weighted by atomic mass is 16.6. The Bertz CT molecular complexity index is 953. The van der Waals surface area contributed by atoms with E-state index in [0.717, 1.165) is 5.56 Å². The molecule has 0 spiro atoms. The van der Waals surface area contributed by atoms with Gasteiger partial charge < -0.3 is 9.42 Å². The number of aromatic nitrogens is 2. The van der Waals surface area contributed by atoms with Crippen molar-refractivity contribution < 1.29 is 14.2 Å². The van der Waals surface area contributed by atoms with Gasteiger partial charge in [0.1, 0.15) is 0 Å². The summed E-state index contributed by atoms with van der Waals surface area (Å²) in [5, 5.41) is 14.9. The van der Waals surface area contributed by atoms with Crippen molar-refractivity contribution in [2.75, 3.05) is 7.05 Å². The maximum Gasteiger partial charge on any atom is 0.273 e. The number of carbonyl (C=O) groups is 1. The molecular weight excluding hydrogens is 336 g/mol. The SMILES string of the molecule is Cc1ccc(C(=O)N(C)Cc2nc(-c3ccccc3)no2)cc1[N+](=O)[O-]. The Hall–Kier alpha value is -3.55. The van der Waals surface area contributed by atoms with E-state index in [9.17, 15) is 14.9 Å². The summed E-state index contributed by atoms with van der Waals surface area (Å²) in [5.41, 5.74) is 1.45. The van der Waals surface area contributed by atoms with Crippen LogP contribution in [0.2, 0.25) is 0 Å². The molecule has 0 saturated heterocycles. The minimum Gasteiger partial charge on any atom is -0.337 e. The van der Waals surface area contributed by atoms with Crippen LogP contribution in [0.25, 0.3) is 11.4 Å². The lowest BCUT2D eigenvalue weighted by molar-refractivity contribution is -0.385. The summed E-state index contributed by atoms with van der Waals surface area (Å²) in [5.74, 6) is 0.348. The first-order chi connectivity index (χ1) is 12.5. The third-order valence-electron chi connectivity index (χ3n) is 3.87. The third kappa shape index (κ3) is 3.59. The fourth-order valence-corrected chi connectivity index (χ4v) is 2.46. The summed E-state index contributed by atoms with van der Waals surface area (Å²) in [6.45, 7) is 1.72. The number of rotatable bonds is 5. The van der Waals surface area contributed by atoms with E-state index >= 15 is 0 Å². The van der Waals surface area contributed by atoms with Gasteiger partial charge in [0.05, 0.1) is 11.5 Å². The summed E-state index contributed by atoms with van der Waals surface area (Å²) in [7, 11) is 1.57. The van der Waals surface area contributed by atoms with Gasteiger partial charge in [0, 0.05) is 29.8 Å². The fraction of sp³-hybridized carbons (Fsp3) is 0.167. The highest BCUT2D eigenvalue weighted by Crippen LogP contribution is 2.21. The molecule has 132 valence electrons. The minimum absolute atomic E-state index is 0.0894. The molecule has 26 heavy (non-hydrogen) atoms. The zero-order chi connectivity index (χ0) is 18.7. The van der Waals surface area contributed by atoms with Crippen LogP contribution in [0.3, 0.4) is 0 Å². The molecule has 0 atom stereocenters. The summed E-state index contributed by atoms with van der Waals surface area (Å²) in [6.07, 6.45) is 0. The van der Waals surface area contributed by atoms with Crippen molar-refractivity contribution in [2.45, 2.75) is 13.5 Å². The maximum atomic E-state index is 12.5. The Morgan fingerprint density at radius 3 is 2.65 bits per heavy atom. The van der Waals surface area contributed by atoms with Crippen LogP contribution in [0.15, 0.2) is 53.1 Å². The third-order valence-corrected chi connectivity index (χ3v) is 3.87. The number of hydrogen-bond donors (Lipinski definition) is 0. The monoisotopic (exact) mass is 352 g/mol. The average molecular weight is 352 g/mol. The van der Waals surface area contributed by atoms with E-state index in [0.29, 0.717) is 11.4 Å². The first-order valence-electron chi connectivity index (χ1n) is 7.84. The Balaban J connectivity index is 1.75. The molecule has 3 rings (SSSR count). The smallest absolute Gasteiger partial charge is 0.273 e. The number of benzene rings is 2. The van der Waals surface area contributed by atoms with E-state index in [-0.39, 0.29) is 29.6 Å². The van der Waals surface area contributed by atoms with Gasteiger partial charge in [-0.15, -0.1) is 0 Å². The predicted octanol–water partition coefficient (Wildman–Crippen LogP) is 3.23. The number of hydrogen-bond acceptors (Lipinski definition) is 6. The van der Waals surface area contributed by atoms with Crippen molar-refractivity contribution in [3.05, 3.63) is 75.7 Å². The molecule has 8 heteroatoms. The van der Waals surface area contributed by atoms with Crippen molar-refractivity contribution in [2.24, 2.45) is 0 Å². The largest absolute Gasteiger partial charge is 0.337 e. The lowest BCUT2D eigenvalue weighted by atomic mass is 10.1. The highest BCUT2D eigenvalue weighted by molar-refractivity contribution is 5.94. The Morgan fingerprint density at radius 2 is 1.96 bits per heavy atom. The molecule has 1 heterocycles. The lowest BCUT2D eigenvalue weighted by Gasteiger charge is -2.14. The number of amides is 1. The van der Waals surface area contributed by atoms with Gasteiger partial charge in [-0.1, -0.05) is 41.6 Å². The molecule has 0 aliphatic rings. The minimum atomic E-state index is -0.504. The molecule has 1 amide bonds. The second kappa shape index (κ2) is 7.14. The van der Waals surface area contributed by atoms with E-state index in [2.05, 4.69) is 10.1 Å². The Labute approximate surface area is 149 Å². The van der Waals surface area contributed by atoms with Crippen molar-refractivity contribution >= 4 is 11.6 Å². The molecule has 8 nitrogen and oxygen atoms in total. The summed E-state index contributed by atoms with van der Waals surface area (Å²) in [6, 6.07) is 13.7. The van der Waals surface area contributed by atoms with Crippen LogP contribution in [-0.4, -0.2) is 32.9 Å². The number of nitrogens with zero attached hydrogens (tertiary/aromatic N) is 4. The molecule has 1 aromatic heterocycles. The van der Waals surface area contributed by atoms with E-state index in [4.69, 9.17) is 4.52 Å². The lowest BCUT2D eigenvalue weighted by Crippen LogP contribution is -2.26. The molecule has 0 aliphatic heterocycles. The first kappa shape index (κ1) is 17.3. The quantitative estimate of drug-likeness (QED) is 0.516. The molecule has 0 saturated carbocycles. The topological polar surface area (TPSA) is 102 Å². The van der Waals surface area contributed by atoms with Crippen LogP contribution >= 0.6 is 0 Å². The molecule has 0 unspecified atom stereocenters. The standard InChI is InChI=1S/C18H16N4O4/c1-12-8-9-14(10-15(12)22(24)25)18(23)21(2)11-16-19-17(20-26-16)13-6-4-3-5-7-13/h3-10H,11H2,1-2H3. The number of aryl methyl sites for hydroxylation is 1. The summed E-state index contributed by atoms with van der Waals surface area (Å²) >= 11 is 0. The zero-order valence-electron chi connectivity index (χ0n) is 14.2. The Morgan fingerprint density at radius 1 is 1.23 bits per heavy atom. The van der Waals surface area contributed by atoms with Crippen LogP contribution in [0.5, 0.6) is 0 Å². The van der Waals surface area contributed by atoms with Gasteiger partial charge in [0.2, 0.25) is 11.7 Å². The van der Waals surface area contributed by atoms with Crippen LogP contribution in [0.1, 0.15) is 21.8 Å². The number of nitro groups is 1. The van der Waals surface area contributed by atoms with Crippen LogP contribution in [-0.2, 0) is 6.54 Å². The van der Waals surface area contributed by atoms with E-state index in [1.807, 2.05) is 30.3 Å². The van der Waals surface area contributed by atoms with Gasteiger partial charge in [0.15, 0.2) is 0 Å². The normalized spacial score (nSPS) is 10.5. The molecule has 2 aromatic carbocycles. The van der Waals surface area contributed by atoms with Gasteiger partial charge in [-0.25, -0.2) is 0 Å². The van der Waals surface area contributed by atoms with E-state index < -0.39 is 4.92 Å². The maximum absolute atomic E-state index is 12.5. The highest BCUT2D eigenvalue weighted by Gasteiger charge is 2.19. The molecule has 0 bridgehead atoms. The average Bonchev–Trinajstić information content (AvgIpc) is 3.10. The van der Waals surface area contributed by atoms with E-state index in [1.165, 1.54) is 11.0 Å². The second-order valence-corrected chi connectivity index (χ2v) is 5.80. The van der Waals surface area contributed by atoms with Crippen molar-refractivity contribution in [3.63, 3.8) is 0 Å². The van der Waals surface area contributed by atoms with Crippen LogP contribution < -0.4 is 0 Å². The summed E-state index contributed by atoms with van der Waals surface area (Å²) in [4.78, 5) is 28.7.